The van der Waals surface area contributed by atoms with E-state index in [1.165, 1.54) is 6.20 Å². The quantitative estimate of drug-likeness (QED) is 0.724. The summed E-state index contributed by atoms with van der Waals surface area (Å²) in [4.78, 5) is 5.42. The van der Waals surface area contributed by atoms with Crippen molar-refractivity contribution in [3.8, 4) is 0 Å². The summed E-state index contributed by atoms with van der Waals surface area (Å²) in [5, 5.41) is 8.53. The fourth-order valence-corrected chi connectivity index (χ4v) is 0.582. The van der Waals surface area contributed by atoms with Gasteiger partial charge >= 0.3 is 6.18 Å². The highest BCUT2D eigenvalue weighted by Gasteiger charge is 2.40. The Morgan fingerprint density at radius 2 is 2.08 bits per heavy atom. The molecule has 12 heavy (non-hydrogen) atoms. The molecular formula is C5H6ClF3N2O. The van der Waals surface area contributed by atoms with Crippen LogP contribution in [0.15, 0.2) is 12.4 Å². The van der Waals surface area contributed by atoms with E-state index in [4.69, 9.17) is 5.11 Å². The van der Waals surface area contributed by atoms with Crippen LogP contribution in [0, 0.1) is 0 Å². The van der Waals surface area contributed by atoms with Gasteiger partial charge in [0.15, 0.2) is 0 Å². The number of aliphatic hydroxyl groups excluding tert-OH is 1. The Morgan fingerprint density at radius 1 is 1.50 bits per heavy atom. The van der Waals surface area contributed by atoms with Crippen molar-refractivity contribution in [2.24, 2.45) is 0 Å². The summed E-state index contributed by atoms with van der Waals surface area (Å²) in [6.45, 7) is 0. The van der Waals surface area contributed by atoms with Gasteiger partial charge in [0.2, 0.25) is 6.10 Å². The zero-order chi connectivity index (χ0) is 8.48. The molecule has 0 aliphatic carbocycles. The Hall–Kier alpha value is -0.750. The molecule has 7 heteroatoms. The molecule has 0 amide bonds. The van der Waals surface area contributed by atoms with Gasteiger partial charge in [-0.1, -0.05) is 0 Å². The van der Waals surface area contributed by atoms with Crippen molar-refractivity contribution in [2.75, 3.05) is 0 Å². The summed E-state index contributed by atoms with van der Waals surface area (Å²) in [7, 11) is 0. The number of halogens is 4. The van der Waals surface area contributed by atoms with Crippen molar-refractivity contribution in [1.82, 2.24) is 9.97 Å². The van der Waals surface area contributed by atoms with Gasteiger partial charge < -0.3 is 10.1 Å². The fourth-order valence-electron chi connectivity index (χ4n) is 0.582. The monoisotopic (exact) mass is 202 g/mol. The molecule has 0 aliphatic rings. The van der Waals surface area contributed by atoms with E-state index >= 15 is 0 Å². The highest BCUT2D eigenvalue weighted by atomic mass is 35.5. The molecule has 0 saturated heterocycles. The molecule has 0 spiro atoms. The van der Waals surface area contributed by atoms with Crippen LogP contribution in [0.3, 0.4) is 0 Å². The van der Waals surface area contributed by atoms with E-state index in [9.17, 15) is 13.2 Å². The van der Waals surface area contributed by atoms with Gasteiger partial charge in [-0.05, 0) is 0 Å². The van der Waals surface area contributed by atoms with E-state index in [1.54, 1.807) is 0 Å². The van der Waals surface area contributed by atoms with Gasteiger partial charge in [0.05, 0.1) is 0 Å². The molecule has 1 unspecified atom stereocenters. The second-order valence-corrected chi connectivity index (χ2v) is 1.92. The summed E-state index contributed by atoms with van der Waals surface area (Å²) >= 11 is 0. The molecular weight excluding hydrogens is 197 g/mol. The second kappa shape index (κ2) is 3.77. The molecule has 1 heterocycles. The third-order valence-electron chi connectivity index (χ3n) is 1.09. The summed E-state index contributed by atoms with van der Waals surface area (Å²) in [5.41, 5.74) is 0. The number of H-pyrrole nitrogens is 1. The standard InChI is InChI=1S/C5H5F3N2O.ClH/c6-5(7,8)3(11)4-9-1-2-10-4;/h1-3,11H,(H,9,10);1H. The van der Waals surface area contributed by atoms with Crippen LogP contribution in [0.5, 0.6) is 0 Å². The van der Waals surface area contributed by atoms with Crippen molar-refractivity contribution in [2.45, 2.75) is 12.3 Å². The van der Waals surface area contributed by atoms with E-state index in [1.807, 2.05) is 0 Å². The van der Waals surface area contributed by atoms with Crippen LogP contribution in [-0.2, 0) is 0 Å². The third kappa shape index (κ3) is 2.38. The number of nitrogens with one attached hydrogen (secondary N) is 1. The summed E-state index contributed by atoms with van der Waals surface area (Å²) in [5.74, 6) is -0.488. The van der Waals surface area contributed by atoms with Gasteiger partial charge in [-0.15, -0.1) is 12.4 Å². The Balaban J connectivity index is 0.00000121. The van der Waals surface area contributed by atoms with E-state index in [2.05, 4.69) is 9.97 Å². The molecule has 0 aliphatic heterocycles. The molecule has 0 radical (unpaired) electrons. The lowest BCUT2D eigenvalue weighted by molar-refractivity contribution is -0.209. The number of hydrogen-bond acceptors (Lipinski definition) is 2. The first-order valence-electron chi connectivity index (χ1n) is 2.76. The SMILES string of the molecule is Cl.OC(c1ncc[nH]1)C(F)(F)F. The molecule has 1 aromatic heterocycles. The van der Waals surface area contributed by atoms with Crippen molar-refractivity contribution >= 4 is 12.4 Å². The zero-order valence-corrected chi connectivity index (χ0v) is 6.49. The average molecular weight is 203 g/mol. The number of aromatic nitrogens is 2. The first-order valence-corrected chi connectivity index (χ1v) is 2.76. The van der Waals surface area contributed by atoms with Gasteiger partial charge in [0.25, 0.3) is 0 Å². The maximum atomic E-state index is 11.7. The predicted octanol–water partition coefficient (Wildman–Crippen LogP) is 1.43. The number of nitrogens with zero attached hydrogens (tertiary/aromatic N) is 1. The largest absolute Gasteiger partial charge is 0.421 e. The number of rotatable bonds is 1. The first-order chi connectivity index (χ1) is 5.02. The maximum Gasteiger partial charge on any atom is 0.421 e. The molecule has 3 nitrogen and oxygen atoms in total. The Labute approximate surface area is 72.0 Å². The maximum absolute atomic E-state index is 11.7. The van der Waals surface area contributed by atoms with Gasteiger partial charge in [0, 0.05) is 12.4 Å². The summed E-state index contributed by atoms with van der Waals surface area (Å²) in [6, 6.07) is 0. The van der Waals surface area contributed by atoms with Crippen LogP contribution in [0.25, 0.3) is 0 Å². The van der Waals surface area contributed by atoms with Crippen molar-refractivity contribution in [3.05, 3.63) is 18.2 Å². The van der Waals surface area contributed by atoms with Gasteiger partial charge in [-0.3, -0.25) is 0 Å². The van der Waals surface area contributed by atoms with E-state index < -0.39 is 18.1 Å². The number of aromatic amines is 1. The van der Waals surface area contributed by atoms with E-state index in [0.717, 1.165) is 6.20 Å². The van der Waals surface area contributed by atoms with Crippen LogP contribution < -0.4 is 0 Å². The molecule has 0 fully saturated rings. The summed E-state index contributed by atoms with van der Waals surface area (Å²) < 4.78 is 35.1. The average Bonchev–Trinajstić information content (AvgIpc) is 2.34. The Kier molecular flexibility index (Phi) is 3.54. The zero-order valence-electron chi connectivity index (χ0n) is 5.67. The van der Waals surface area contributed by atoms with Crippen LogP contribution in [-0.4, -0.2) is 21.3 Å². The molecule has 70 valence electrons. The van der Waals surface area contributed by atoms with Gasteiger partial charge in [0.1, 0.15) is 5.82 Å². The van der Waals surface area contributed by atoms with Gasteiger partial charge in [-0.2, -0.15) is 13.2 Å². The molecule has 0 bridgehead atoms. The van der Waals surface area contributed by atoms with Gasteiger partial charge in [-0.25, -0.2) is 4.98 Å². The molecule has 1 rings (SSSR count). The van der Waals surface area contributed by atoms with Crippen molar-refractivity contribution in [3.63, 3.8) is 0 Å². The minimum absolute atomic E-state index is 0. The molecule has 1 atom stereocenters. The van der Waals surface area contributed by atoms with Crippen LogP contribution >= 0.6 is 12.4 Å². The van der Waals surface area contributed by atoms with E-state index in [0.29, 0.717) is 0 Å². The topological polar surface area (TPSA) is 48.9 Å². The lowest BCUT2D eigenvalue weighted by atomic mass is 10.3. The van der Waals surface area contributed by atoms with Crippen LogP contribution in [0.4, 0.5) is 13.2 Å². The molecule has 0 aromatic carbocycles. The smallest absolute Gasteiger partial charge is 0.377 e. The predicted molar refractivity (Wildman–Crippen MR) is 36.9 cm³/mol. The van der Waals surface area contributed by atoms with Crippen LogP contribution in [0.1, 0.15) is 11.9 Å². The van der Waals surface area contributed by atoms with Crippen LogP contribution in [0.2, 0.25) is 0 Å². The first kappa shape index (κ1) is 11.2. The lowest BCUT2D eigenvalue weighted by Crippen LogP contribution is -2.21. The van der Waals surface area contributed by atoms with Crippen molar-refractivity contribution < 1.29 is 18.3 Å². The minimum atomic E-state index is -4.65. The number of hydrogen-bond donors (Lipinski definition) is 2. The third-order valence-corrected chi connectivity index (χ3v) is 1.09. The van der Waals surface area contributed by atoms with Crippen molar-refractivity contribution in [1.29, 1.82) is 0 Å². The highest BCUT2D eigenvalue weighted by molar-refractivity contribution is 5.85. The highest BCUT2D eigenvalue weighted by Crippen LogP contribution is 2.29. The minimum Gasteiger partial charge on any atom is -0.377 e. The fraction of sp³-hybridized carbons (Fsp3) is 0.400. The number of aliphatic hydroxyl groups is 1. The summed E-state index contributed by atoms with van der Waals surface area (Å²) in [6.07, 6.45) is -4.82. The lowest BCUT2D eigenvalue weighted by Gasteiger charge is -2.10. The number of alkyl halides is 3. The molecule has 2 N–H and O–H groups in total. The Morgan fingerprint density at radius 3 is 2.42 bits per heavy atom. The second-order valence-electron chi connectivity index (χ2n) is 1.92. The molecule has 0 saturated carbocycles. The number of imidazole rings is 1. The Bertz CT molecular complexity index is 223. The molecule has 1 aromatic rings. The van der Waals surface area contributed by atoms with E-state index in [-0.39, 0.29) is 12.4 Å². The normalized spacial score (nSPS) is 13.7.